The molecule has 4 nitrogen and oxygen atoms in total. The summed E-state index contributed by atoms with van der Waals surface area (Å²) in [5.41, 5.74) is 4.40. The number of fused-ring (bicyclic) bond motifs is 7. The molecule has 0 bridgehead atoms. The number of ether oxygens (including phenoxy) is 2. The normalized spacial score (nSPS) is 42.8. The van der Waals surface area contributed by atoms with Crippen LogP contribution in [0, 0.1) is 63.6 Å². The molecule has 0 spiro atoms. The van der Waals surface area contributed by atoms with Crippen molar-refractivity contribution >= 4 is 5.97 Å². The van der Waals surface area contributed by atoms with Crippen LogP contribution in [0.2, 0.25) is 0 Å². The van der Waals surface area contributed by atoms with E-state index in [1.807, 2.05) is 6.92 Å². The minimum Gasteiger partial charge on any atom is -0.482 e. The summed E-state index contributed by atoms with van der Waals surface area (Å²) in [6.07, 6.45) is 11.6. The lowest BCUT2D eigenvalue weighted by Gasteiger charge is -2.73. The molecule has 46 heavy (non-hydrogen) atoms. The number of carbonyl (C=O) groups excluding carboxylic acids is 1. The summed E-state index contributed by atoms with van der Waals surface area (Å²) in [4.78, 5) is 13.2. The van der Waals surface area contributed by atoms with Crippen molar-refractivity contribution in [1.82, 2.24) is 0 Å². The van der Waals surface area contributed by atoms with Gasteiger partial charge in [-0.05, 0) is 152 Å². The Hall–Kier alpha value is -1.81. The number of hydrogen-bond donors (Lipinski definition) is 1. The van der Waals surface area contributed by atoms with E-state index in [1.165, 1.54) is 43.2 Å². The molecule has 0 radical (unpaired) electrons. The molecule has 1 N–H and O–H groups in total. The topological polar surface area (TPSA) is 55.8 Å². The van der Waals surface area contributed by atoms with E-state index in [4.69, 9.17) is 9.47 Å². The van der Waals surface area contributed by atoms with Crippen LogP contribution < -0.4 is 4.74 Å². The van der Waals surface area contributed by atoms with E-state index >= 15 is 0 Å². The molecule has 0 amide bonds. The maximum absolute atomic E-state index is 13.2. The van der Waals surface area contributed by atoms with Gasteiger partial charge in [0.05, 0.1) is 12.7 Å². The van der Waals surface area contributed by atoms with E-state index in [0.29, 0.717) is 42.1 Å². The largest absolute Gasteiger partial charge is 0.482 e. The second kappa shape index (κ2) is 11.7. The third-order valence-electron chi connectivity index (χ3n) is 16.0. The van der Waals surface area contributed by atoms with Gasteiger partial charge in [-0.2, -0.15) is 0 Å². The second-order valence-electron chi connectivity index (χ2n) is 18.6. The van der Waals surface area contributed by atoms with Crippen LogP contribution in [0.25, 0.3) is 0 Å². The van der Waals surface area contributed by atoms with Crippen LogP contribution in [0.4, 0.5) is 0 Å². The SMILES string of the molecule is C=C(C)[C@@H]1CC[C@]2(COC(=O)COc3cc(C(C)C)ccc3C)CC[C@]3(C)C(CCC4[C@@]5(C)CC[C@H](O)C(C)(C)C5CC[C@]43C)C12. The highest BCUT2D eigenvalue weighted by Crippen LogP contribution is 2.77. The van der Waals surface area contributed by atoms with Crippen molar-refractivity contribution in [2.45, 2.75) is 139 Å². The van der Waals surface area contributed by atoms with E-state index in [-0.39, 0.29) is 45.8 Å². The molecule has 1 aromatic rings. The fourth-order valence-electron chi connectivity index (χ4n) is 13.1. The molecular formula is C42H64O4. The third kappa shape index (κ3) is 5.04. The molecule has 10 atom stereocenters. The first-order valence-electron chi connectivity index (χ1n) is 18.7. The number of rotatable bonds is 7. The number of aryl methyl sites for hydroxylation is 1. The summed E-state index contributed by atoms with van der Waals surface area (Å²) in [6, 6.07) is 6.29. The molecule has 1 aromatic carbocycles. The van der Waals surface area contributed by atoms with Gasteiger partial charge >= 0.3 is 5.97 Å². The van der Waals surface area contributed by atoms with Crippen LogP contribution in [-0.4, -0.2) is 30.4 Å². The maximum atomic E-state index is 13.2. The number of aliphatic hydroxyl groups excluding tert-OH is 1. The van der Waals surface area contributed by atoms with Crippen molar-refractivity contribution in [3.05, 3.63) is 41.5 Å². The van der Waals surface area contributed by atoms with Gasteiger partial charge < -0.3 is 14.6 Å². The van der Waals surface area contributed by atoms with Crippen molar-refractivity contribution < 1.29 is 19.4 Å². The lowest BCUT2D eigenvalue weighted by atomic mass is 9.32. The monoisotopic (exact) mass is 632 g/mol. The molecule has 0 aliphatic heterocycles. The minimum absolute atomic E-state index is 0.0200. The fourth-order valence-corrected chi connectivity index (χ4v) is 13.1. The first-order chi connectivity index (χ1) is 21.5. The highest BCUT2D eigenvalue weighted by Gasteiger charge is 2.71. The van der Waals surface area contributed by atoms with Crippen LogP contribution >= 0.6 is 0 Å². The molecule has 256 valence electrons. The van der Waals surface area contributed by atoms with Crippen molar-refractivity contribution in [1.29, 1.82) is 0 Å². The van der Waals surface area contributed by atoms with Gasteiger partial charge in [-0.15, -0.1) is 0 Å². The van der Waals surface area contributed by atoms with Gasteiger partial charge in [0, 0.05) is 5.41 Å². The van der Waals surface area contributed by atoms with E-state index in [1.54, 1.807) is 0 Å². The lowest BCUT2D eigenvalue weighted by Crippen LogP contribution is -2.66. The summed E-state index contributed by atoms with van der Waals surface area (Å²) < 4.78 is 12.2. The Morgan fingerprint density at radius 3 is 2.37 bits per heavy atom. The maximum Gasteiger partial charge on any atom is 0.344 e. The van der Waals surface area contributed by atoms with Gasteiger partial charge in [0.25, 0.3) is 0 Å². The van der Waals surface area contributed by atoms with Crippen LogP contribution in [0.5, 0.6) is 5.75 Å². The van der Waals surface area contributed by atoms with Crippen LogP contribution in [0.15, 0.2) is 30.4 Å². The quantitative estimate of drug-likeness (QED) is 0.240. The average Bonchev–Trinajstić information content (AvgIpc) is 3.38. The molecule has 0 saturated heterocycles. The standard InChI is InChI=1S/C42H64O4/c1-26(2)29-12-11-28(5)32(23-29)45-24-36(44)46-25-42-20-15-30(27(3)4)37(42)31-13-14-34-39(8)18-17-35(43)38(6,7)33(39)16-19-41(34,10)40(31,9)21-22-42/h11-12,23,26,30-31,33-35,37,43H,3,13-22,24-25H2,1-2,4-10H3/t30-,31?,33?,34?,35-,37?,39-,40+,41+,42+/m0/s1. The van der Waals surface area contributed by atoms with Gasteiger partial charge in [-0.3, -0.25) is 0 Å². The minimum atomic E-state index is -0.251. The Labute approximate surface area is 280 Å². The zero-order valence-corrected chi connectivity index (χ0v) is 30.6. The predicted molar refractivity (Wildman–Crippen MR) is 187 cm³/mol. The van der Waals surface area contributed by atoms with Gasteiger partial charge in [0.1, 0.15) is 5.75 Å². The number of benzene rings is 1. The third-order valence-corrected chi connectivity index (χ3v) is 16.0. The van der Waals surface area contributed by atoms with Crippen LogP contribution in [0.1, 0.15) is 137 Å². The molecule has 5 aliphatic rings. The smallest absolute Gasteiger partial charge is 0.344 e. The van der Waals surface area contributed by atoms with E-state index < -0.39 is 0 Å². The Morgan fingerprint density at radius 1 is 0.935 bits per heavy atom. The van der Waals surface area contributed by atoms with Crippen molar-refractivity contribution in [3.63, 3.8) is 0 Å². The molecule has 4 heteroatoms. The second-order valence-corrected chi connectivity index (χ2v) is 18.6. The number of hydrogen-bond acceptors (Lipinski definition) is 4. The zero-order valence-electron chi connectivity index (χ0n) is 30.6. The highest BCUT2D eigenvalue weighted by atomic mass is 16.6. The molecule has 5 saturated carbocycles. The molecule has 4 unspecified atom stereocenters. The summed E-state index contributed by atoms with van der Waals surface area (Å²) in [7, 11) is 0. The predicted octanol–water partition coefficient (Wildman–Crippen LogP) is 10.1. The van der Waals surface area contributed by atoms with Gasteiger partial charge in [0.15, 0.2) is 6.61 Å². The fraction of sp³-hybridized carbons (Fsp3) is 0.786. The summed E-state index contributed by atoms with van der Waals surface area (Å²) >= 11 is 0. The lowest BCUT2D eigenvalue weighted by molar-refractivity contribution is -0.250. The van der Waals surface area contributed by atoms with Crippen molar-refractivity contribution in [2.24, 2.45) is 56.7 Å². The molecular weight excluding hydrogens is 568 g/mol. The van der Waals surface area contributed by atoms with Gasteiger partial charge in [0.2, 0.25) is 0 Å². The highest BCUT2D eigenvalue weighted by molar-refractivity contribution is 5.71. The summed E-state index contributed by atoms with van der Waals surface area (Å²) in [6.45, 7) is 26.3. The first kappa shape index (κ1) is 34.1. The Morgan fingerprint density at radius 2 is 1.67 bits per heavy atom. The molecule has 5 aliphatic carbocycles. The van der Waals surface area contributed by atoms with E-state index in [2.05, 4.69) is 80.2 Å². The van der Waals surface area contributed by atoms with Gasteiger partial charge in [-0.25, -0.2) is 4.79 Å². The number of aliphatic hydroxyl groups is 1. The van der Waals surface area contributed by atoms with Gasteiger partial charge in [-0.1, -0.05) is 72.8 Å². The van der Waals surface area contributed by atoms with Crippen LogP contribution in [0.3, 0.4) is 0 Å². The summed E-state index contributed by atoms with van der Waals surface area (Å²) in [5, 5.41) is 11.1. The molecule has 5 fully saturated rings. The molecule has 0 aromatic heterocycles. The Bertz CT molecular complexity index is 1340. The van der Waals surface area contributed by atoms with Crippen molar-refractivity contribution in [2.75, 3.05) is 13.2 Å². The van der Waals surface area contributed by atoms with Crippen LogP contribution in [-0.2, 0) is 9.53 Å². The molecule has 0 heterocycles. The van der Waals surface area contributed by atoms with E-state index in [0.717, 1.165) is 43.4 Å². The number of allylic oxidation sites excluding steroid dienone is 1. The number of carbonyl (C=O) groups is 1. The van der Waals surface area contributed by atoms with E-state index in [9.17, 15) is 9.90 Å². The number of esters is 1. The summed E-state index contributed by atoms with van der Waals surface area (Å²) in [5.74, 6) is 3.83. The first-order valence-corrected chi connectivity index (χ1v) is 18.7. The average molecular weight is 633 g/mol. The Balaban J connectivity index is 1.22. The molecule has 6 rings (SSSR count). The van der Waals surface area contributed by atoms with Crippen molar-refractivity contribution in [3.8, 4) is 5.75 Å². The zero-order chi connectivity index (χ0) is 33.4. The Kier molecular flexibility index (Phi) is 8.64.